The third-order valence-electron chi connectivity index (χ3n) is 3.33. The molecule has 0 radical (unpaired) electrons. The molecule has 0 aromatic carbocycles. The Labute approximate surface area is 128 Å². The zero-order valence-electron chi connectivity index (χ0n) is 14.0. The molecule has 1 aromatic heterocycles. The number of nitrogens with one attached hydrogen (secondary N) is 1. The molecule has 21 heavy (non-hydrogen) atoms. The SMILES string of the molecule is Cc1nn(C)c(N(C)CCS(C)(=O)=O)c1CNCC(C)C. The molecular weight excluding hydrogens is 288 g/mol. The molecule has 1 aromatic rings. The maximum atomic E-state index is 11.3. The van der Waals surface area contributed by atoms with Crippen molar-refractivity contribution in [2.45, 2.75) is 27.3 Å². The van der Waals surface area contributed by atoms with Crippen molar-refractivity contribution in [3.05, 3.63) is 11.3 Å². The predicted octanol–water partition coefficient (Wildman–Crippen LogP) is 0.955. The van der Waals surface area contributed by atoms with Gasteiger partial charge in [0.15, 0.2) is 0 Å². The van der Waals surface area contributed by atoms with Crippen LogP contribution in [-0.2, 0) is 23.4 Å². The molecule has 0 atom stereocenters. The first-order chi connectivity index (χ1) is 9.61. The van der Waals surface area contributed by atoms with Crippen molar-refractivity contribution in [2.24, 2.45) is 13.0 Å². The lowest BCUT2D eigenvalue weighted by Crippen LogP contribution is -2.28. The first-order valence-electron chi connectivity index (χ1n) is 7.24. The highest BCUT2D eigenvalue weighted by atomic mass is 32.2. The Morgan fingerprint density at radius 2 is 2.00 bits per heavy atom. The van der Waals surface area contributed by atoms with Crippen molar-refractivity contribution in [1.82, 2.24) is 15.1 Å². The normalized spacial score (nSPS) is 12.1. The van der Waals surface area contributed by atoms with Gasteiger partial charge < -0.3 is 10.2 Å². The second-order valence-corrected chi connectivity index (χ2v) is 8.35. The number of nitrogens with zero attached hydrogens (tertiary/aromatic N) is 3. The summed E-state index contributed by atoms with van der Waals surface area (Å²) in [4.78, 5) is 1.97. The van der Waals surface area contributed by atoms with Crippen molar-refractivity contribution in [1.29, 1.82) is 0 Å². The number of rotatable bonds is 8. The van der Waals surface area contributed by atoms with E-state index in [-0.39, 0.29) is 5.75 Å². The zero-order chi connectivity index (χ0) is 16.2. The Morgan fingerprint density at radius 1 is 1.38 bits per heavy atom. The van der Waals surface area contributed by atoms with Crippen LogP contribution in [0.1, 0.15) is 25.1 Å². The van der Waals surface area contributed by atoms with Gasteiger partial charge in [-0.15, -0.1) is 0 Å². The van der Waals surface area contributed by atoms with E-state index in [1.807, 2.05) is 30.6 Å². The van der Waals surface area contributed by atoms with Gasteiger partial charge in [-0.1, -0.05) is 13.8 Å². The molecule has 1 rings (SSSR count). The molecule has 1 heterocycles. The van der Waals surface area contributed by atoms with E-state index in [9.17, 15) is 8.42 Å². The summed E-state index contributed by atoms with van der Waals surface area (Å²) in [6.07, 6.45) is 1.26. The summed E-state index contributed by atoms with van der Waals surface area (Å²) in [6.45, 7) is 8.48. The number of anilines is 1. The van der Waals surface area contributed by atoms with Gasteiger partial charge >= 0.3 is 0 Å². The molecule has 0 amide bonds. The molecule has 0 fully saturated rings. The molecule has 7 heteroatoms. The van der Waals surface area contributed by atoms with Gasteiger partial charge in [0.05, 0.1) is 11.4 Å². The minimum Gasteiger partial charge on any atom is -0.359 e. The maximum Gasteiger partial charge on any atom is 0.149 e. The lowest BCUT2D eigenvalue weighted by Gasteiger charge is -2.21. The molecule has 0 spiro atoms. The Bertz CT molecular complexity index is 564. The van der Waals surface area contributed by atoms with E-state index in [4.69, 9.17) is 0 Å². The van der Waals surface area contributed by atoms with Crippen molar-refractivity contribution in [3.8, 4) is 0 Å². The second-order valence-electron chi connectivity index (χ2n) is 6.09. The molecule has 122 valence electrons. The summed E-state index contributed by atoms with van der Waals surface area (Å²) in [7, 11) is 0.843. The first-order valence-corrected chi connectivity index (χ1v) is 9.30. The summed E-state index contributed by atoms with van der Waals surface area (Å²) in [6, 6.07) is 0. The van der Waals surface area contributed by atoms with Crippen molar-refractivity contribution in [2.75, 3.05) is 37.0 Å². The average Bonchev–Trinajstić information content (AvgIpc) is 2.60. The Kier molecular flexibility index (Phi) is 6.22. The predicted molar refractivity (Wildman–Crippen MR) is 87.5 cm³/mol. The maximum absolute atomic E-state index is 11.3. The molecule has 1 N–H and O–H groups in total. The monoisotopic (exact) mass is 316 g/mol. The van der Waals surface area contributed by atoms with E-state index < -0.39 is 9.84 Å². The molecule has 0 unspecified atom stereocenters. The molecule has 0 bridgehead atoms. The smallest absolute Gasteiger partial charge is 0.149 e. The number of sulfone groups is 1. The summed E-state index contributed by atoms with van der Waals surface area (Å²) in [5, 5.41) is 7.88. The number of hydrogen-bond acceptors (Lipinski definition) is 5. The Morgan fingerprint density at radius 3 is 2.52 bits per heavy atom. The topological polar surface area (TPSA) is 67.2 Å². The van der Waals surface area contributed by atoms with Gasteiger partial charge in [0, 0.05) is 39.0 Å². The second kappa shape index (κ2) is 7.26. The summed E-state index contributed by atoms with van der Waals surface area (Å²) in [5.74, 6) is 1.72. The van der Waals surface area contributed by atoms with Gasteiger partial charge in [0.25, 0.3) is 0 Å². The van der Waals surface area contributed by atoms with Crippen molar-refractivity contribution in [3.63, 3.8) is 0 Å². The highest BCUT2D eigenvalue weighted by Crippen LogP contribution is 2.22. The van der Waals surface area contributed by atoms with Crippen LogP contribution in [0.25, 0.3) is 0 Å². The number of aromatic nitrogens is 2. The zero-order valence-corrected chi connectivity index (χ0v) is 14.8. The van der Waals surface area contributed by atoms with Gasteiger partial charge in [-0.05, 0) is 19.4 Å². The van der Waals surface area contributed by atoms with Crippen LogP contribution >= 0.6 is 0 Å². The summed E-state index contributed by atoms with van der Waals surface area (Å²) >= 11 is 0. The molecule has 0 saturated carbocycles. The Hall–Kier alpha value is -1.08. The van der Waals surface area contributed by atoms with Gasteiger partial charge in [0.2, 0.25) is 0 Å². The van der Waals surface area contributed by atoms with Crippen molar-refractivity contribution >= 4 is 15.7 Å². The minimum absolute atomic E-state index is 0.145. The standard InChI is InChI=1S/C14H28N4O2S/c1-11(2)9-15-10-13-12(3)16-18(5)14(13)17(4)7-8-21(6,19)20/h11,15H,7-10H2,1-6H3. The third kappa shape index (κ3) is 5.67. The van der Waals surface area contributed by atoms with E-state index in [1.165, 1.54) is 6.26 Å². The molecular formula is C14H28N4O2S. The highest BCUT2D eigenvalue weighted by Gasteiger charge is 2.17. The largest absolute Gasteiger partial charge is 0.359 e. The quantitative estimate of drug-likeness (QED) is 0.773. The lowest BCUT2D eigenvalue weighted by atomic mass is 10.2. The summed E-state index contributed by atoms with van der Waals surface area (Å²) in [5.41, 5.74) is 2.11. The lowest BCUT2D eigenvalue weighted by molar-refractivity contribution is 0.551. The average molecular weight is 316 g/mol. The van der Waals surface area contributed by atoms with Crippen LogP contribution in [0.3, 0.4) is 0 Å². The number of hydrogen-bond donors (Lipinski definition) is 1. The molecule has 0 aliphatic carbocycles. The highest BCUT2D eigenvalue weighted by molar-refractivity contribution is 7.90. The van der Waals surface area contributed by atoms with Crippen LogP contribution in [0.5, 0.6) is 0 Å². The van der Waals surface area contributed by atoms with E-state index in [1.54, 1.807) is 0 Å². The number of aryl methyl sites for hydroxylation is 2. The molecule has 0 saturated heterocycles. The third-order valence-corrected chi connectivity index (χ3v) is 4.25. The fourth-order valence-electron chi connectivity index (χ4n) is 2.27. The van der Waals surface area contributed by atoms with Crippen LogP contribution < -0.4 is 10.2 Å². The van der Waals surface area contributed by atoms with Gasteiger partial charge in [0.1, 0.15) is 15.7 Å². The molecule has 6 nitrogen and oxygen atoms in total. The van der Waals surface area contributed by atoms with E-state index in [0.29, 0.717) is 12.5 Å². The minimum atomic E-state index is -2.96. The van der Waals surface area contributed by atoms with Crippen LogP contribution in [-0.4, -0.2) is 50.3 Å². The van der Waals surface area contributed by atoms with Crippen LogP contribution in [0, 0.1) is 12.8 Å². The van der Waals surface area contributed by atoms with Gasteiger partial charge in [-0.2, -0.15) is 5.10 Å². The fourth-order valence-corrected chi connectivity index (χ4v) is 2.87. The van der Waals surface area contributed by atoms with Gasteiger partial charge in [-0.25, -0.2) is 8.42 Å². The van der Waals surface area contributed by atoms with Crippen LogP contribution in [0.4, 0.5) is 5.82 Å². The summed E-state index contributed by atoms with van der Waals surface area (Å²) < 4.78 is 24.5. The Balaban J connectivity index is 2.84. The van der Waals surface area contributed by atoms with E-state index >= 15 is 0 Å². The fraction of sp³-hybridized carbons (Fsp3) is 0.786. The van der Waals surface area contributed by atoms with Crippen LogP contribution in [0.2, 0.25) is 0 Å². The van der Waals surface area contributed by atoms with Gasteiger partial charge in [-0.3, -0.25) is 4.68 Å². The first kappa shape index (κ1) is 18.0. The molecule has 0 aliphatic heterocycles. The molecule has 0 aliphatic rings. The van der Waals surface area contributed by atoms with E-state index in [0.717, 1.165) is 30.2 Å². The van der Waals surface area contributed by atoms with Crippen molar-refractivity contribution < 1.29 is 8.42 Å². The van der Waals surface area contributed by atoms with Crippen LogP contribution in [0.15, 0.2) is 0 Å². The van der Waals surface area contributed by atoms with E-state index in [2.05, 4.69) is 24.3 Å².